The third-order valence-corrected chi connectivity index (χ3v) is 6.10. The molecule has 0 radical (unpaired) electrons. The van der Waals surface area contributed by atoms with Crippen LogP contribution in [-0.2, 0) is 9.05 Å². The minimum Gasteiger partial charge on any atom is -0.336 e. The summed E-state index contributed by atoms with van der Waals surface area (Å²) in [4.78, 5) is 14.2. The molecule has 0 spiro atoms. The summed E-state index contributed by atoms with van der Waals surface area (Å²) in [5.74, 6) is -0.142. The summed E-state index contributed by atoms with van der Waals surface area (Å²) in [5, 5.41) is 1.57. The van der Waals surface area contributed by atoms with Gasteiger partial charge in [0.05, 0.1) is 5.56 Å². The molecule has 0 atom stereocenters. The number of rotatable bonds is 5. The van der Waals surface area contributed by atoms with Gasteiger partial charge in [-0.1, -0.05) is 6.92 Å². The van der Waals surface area contributed by atoms with Gasteiger partial charge in [0.2, 0.25) is 0 Å². The Hall–Kier alpha value is -0.590. The number of halogens is 1. The fourth-order valence-corrected chi connectivity index (χ4v) is 4.38. The van der Waals surface area contributed by atoms with Crippen LogP contribution in [0, 0.1) is 6.92 Å². The van der Waals surface area contributed by atoms with E-state index in [-0.39, 0.29) is 16.2 Å². The van der Waals surface area contributed by atoms with Crippen LogP contribution >= 0.6 is 22.0 Å². The van der Waals surface area contributed by atoms with Crippen molar-refractivity contribution in [3.8, 4) is 0 Å². The summed E-state index contributed by atoms with van der Waals surface area (Å²) in [5.41, 5.74) is 0.859. The van der Waals surface area contributed by atoms with Crippen LogP contribution in [0.5, 0.6) is 0 Å². The smallest absolute Gasteiger partial charge is 0.271 e. The molecule has 1 aromatic heterocycles. The van der Waals surface area contributed by atoms with E-state index in [4.69, 9.17) is 10.7 Å². The third-order valence-electron chi connectivity index (χ3n) is 2.79. The van der Waals surface area contributed by atoms with Crippen molar-refractivity contribution in [3.63, 3.8) is 0 Å². The Morgan fingerprint density at radius 1 is 1.47 bits per heavy atom. The molecule has 19 heavy (non-hydrogen) atoms. The zero-order valence-corrected chi connectivity index (χ0v) is 13.8. The molecule has 108 valence electrons. The zero-order valence-electron chi connectivity index (χ0n) is 11.4. The van der Waals surface area contributed by atoms with Gasteiger partial charge >= 0.3 is 0 Å². The lowest BCUT2D eigenvalue weighted by atomic mass is 10.1. The predicted molar refractivity (Wildman–Crippen MR) is 78.6 cm³/mol. The Balaban J connectivity index is 3.17. The second kappa shape index (κ2) is 6.24. The molecule has 1 rings (SSSR count). The SMILES string of the molecule is CCCN(C(=O)c1csc(S(=O)(=O)Cl)c1C)C(C)C. The number of hydrogen-bond acceptors (Lipinski definition) is 4. The Kier molecular flexibility index (Phi) is 5.41. The molecule has 0 aliphatic carbocycles. The molecular weight excluding hydrogens is 306 g/mol. The molecule has 0 bridgehead atoms. The average molecular weight is 324 g/mol. The molecule has 0 aliphatic heterocycles. The Bertz CT molecular complexity index is 564. The Morgan fingerprint density at radius 2 is 2.05 bits per heavy atom. The molecule has 4 nitrogen and oxygen atoms in total. The molecule has 0 N–H and O–H groups in total. The molecule has 0 saturated heterocycles. The lowest BCUT2D eigenvalue weighted by Crippen LogP contribution is -2.37. The van der Waals surface area contributed by atoms with Crippen LogP contribution in [0.15, 0.2) is 9.59 Å². The quantitative estimate of drug-likeness (QED) is 0.782. The molecule has 0 saturated carbocycles. The van der Waals surface area contributed by atoms with Gasteiger partial charge in [-0.15, -0.1) is 11.3 Å². The van der Waals surface area contributed by atoms with Crippen LogP contribution in [0.4, 0.5) is 0 Å². The topological polar surface area (TPSA) is 54.5 Å². The van der Waals surface area contributed by atoms with Crippen molar-refractivity contribution >= 4 is 37.0 Å². The normalized spacial score (nSPS) is 11.9. The van der Waals surface area contributed by atoms with Crippen molar-refractivity contribution in [1.29, 1.82) is 0 Å². The van der Waals surface area contributed by atoms with Crippen LogP contribution in [0.2, 0.25) is 0 Å². The molecule has 1 aromatic rings. The lowest BCUT2D eigenvalue weighted by Gasteiger charge is -2.26. The lowest BCUT2D eigenvalue weighted by molar-refractivity contribution is 0.0705. The maximum Gasteiger partial charge on any atom is 0.271 e. The van der Waals surface area contributed by atoms with E-state index >= 15 is 0 Å². The van der Waals surface area contributed by atoms with E-state index in [1.54, 1.807) is 17.2 Å². The molecule has 1 heterocycles. The summed E-state index contributed by atoms with van der Waals surface area (Å²) in [6, 6.07) is 0.0720. The highest BCUT2D eigenvalue weighted by Gasteiger charge is 2.25. The average Bonchev–Trinajstić information content (AvgIpc) is 2.66. The summed E-state index contributed by atoms with van der Waals surface area (Å²) in [6.45, 7) is 8.14. The highest BCUT2D eigenvalue weighted by molar-refractivity contribution is 8.15. The van der Waals surface area contributed by atoms with Crippen molar-refractivity contribution in [2.75, 3.05) is 6.54 Å². The van der Waals surface area contributed by atoms with Crippen LogP contribution in [0.1, 0.15) is 43.1 Å². The third kappa shape index (κ3) is 3.70. The molecule has 7 heteroatoms. The number of amides is 1. The van der Waals surface area contributed by atoms with Gasteiger partial charge < -0.3 is 4.90 Å². The van der Waals surface area contributed by atoms with Gasteiger partial charge in [-0.3, -0.25) is 4.79 Å². The maximum atomic E-state index is 12.4. The number of hydrogen-bond donors (Lipinski definition) is 0. The van der Waals surface area contributed by atoms with Crippen molar-refractivity contribution in [2.45, 2.75) is 44.4 Å². The summed E-state index contributed by atoms with van der Waals surface area (Å²) in [6.07, 6.45) is 0.855. The molecule has 0 aliphatic rings. The Morgan fingerprint density at radius 3 is 2.42 bits per heavy atom. The largest absolute Gasteiger partial charge is 0.336 e. The van der Waals surface area contributed by atoms with Crippen LogP contribution in [0.3, 0.4) is 0 Å². The van der Waals surface area contributed by atoms with Crippen molar-refractivity contribution in [3.05, 3.63) is 16.5 Å². The van der Waals surface area contributed by atoms with Gasteiger partial charge in [-0.2, -0.15) is 0 Å². The zero-order chi connectivity index (χ0) is 14.8. The fraction of sp³-hybridized carbons (Fsp3) is 0.583. The monoisotopic (exact) mass is 323 g/mol. The summed E-state index contributed by atoms with van der Waals surface area (Å²) < 4.78 is 22.8. The van der Waals surface area contributed by atoms with Gasteiger partial charge in [-0.05, 0) is 32.8 Å². The minimum absolute atomic E-state index is 0.0534. The van der Waals surface area contributed by atoms with Crippen molar-refractivity contribution < 1.29 is 13.2 Å². The second-order valence-corrected chi connectivity index (χ2v) is 8.23. The van der Waals surface area contributed by atoms with Crippen LogP contribution in [-0.4, -0.2) is 31.8 Å². The molecule has 0 aromatic carbocycles. The molecule has 0 fully saturated rings. The minimum atomic E-state index is -3.78. The number of thiophene rings is 1. The first-order valence-electron chi connectivity index (χ1n) is 6.03. The van der Waals surface area contributed by atoms with Gasteiger partial charge in [0.15, 0.2) is 0 Å². The van der Waals surface area contributed by atoms with Gasteiger partial charge in [0.1, 0.15) is 4.21 Å². The predicted octanol–water partition coefficient (Wildman–Crippen LogP) is 3.24. The second-order valence-electron chi connectivity index (χ2n) is 4.59. The van der Waals surface area contributed by atoms with E-state index in [2.05, 4.69) is 0 Å². The summed E-state index contributed by atoms with van der Waals surface area (Å²) >= 11 is 0.991. The van der Waals surface area contributed by atoms with Crippen molar-refractivity contribution in [2.24, 2.45) is 0 Å². The Labute approximate surface area is 122 Å². The molecule has 0 unspecified atom stereocenters. The van der Waals surface area contributed by atoms with E-state index in [0.29, 0.717) is 17.7 Å². The van der Waals surface area contributed by atoms with E-state index in [1.165, 1.54) is 0 Å². The number of carbonyl (C=O) groups excluding carboxylic acids is 1. The maximum absolute atomic E-state index is 12.4. The van der Waals surface area contributed by atoms with Crippen molar-refractivity contribution in [1.82, 2.24) is 4.90 Å². The van der Waals surface area contributed by atoms with E-state index < -0.39 is 9.05 Å². The molecular formula is C12H18ClNO3S2. The number of carbonyl (C=O) groups is 1. The highest BCUT2D eigenvalue weighted by atomic mass is 35.7. The first-order valence-corrected chi connectivity index (χ1v) is 9.22. The standard InChI is InChI=1S/C12H18ClNO3S2/c1-5-6-14(8(2)3)11(15)10-7-18-12(9(10)4)19(13,16)17/h7-8H,5-6H2,1-4H3. The van der Waals surface area contributed by atoms with Gasteiger partial charge in [-0.25, -0.2) is 8.42 Å². The van der Waals surface area contributed by atoms with Gasteiger partial charge in [0.25, 0.3) is 15.0 Å². The first-order chi connectivity index (χ1) is 8.70. The fourth-order valence-electron chi connectivity index (χ4n) is 1.84. The van der Waals surface area contributed by atoms with E-state index in [9.17, 15) is 13.2 Å². The number of nitrogens with zero attached hydrogens (tertiary/aromatic N) is 1. The van der Waals surface area contributed by atoms with E-state index in [0.717, 1.165) is 17.8 Å². The highest BCUT2D eigenvalue weighted by Crippen LogP contribution is 2.30. The summed E-state index contributed by atoms with van der Waals surface area (Å²) in [7, 11) is 1.56. The van der Waals surface area contributed by atoms with Gasteiger partial charge in [0, 0.05) is 28.6 Å². The van der Waals surface area contributed by atoms with E-state index in [1.807, 2.05) is 20.8 Å². The van der Waals surface area contributed by atoms with Crippen LogP contribution < -0.4 is 0 Å². The van der Waals surface area contributed by atoms with Crippen LogP contribution in [0.25, 0.3) is 0 Å². The molecule has 1 amide bonds. The first kappa shape index (κ1) is 16.5.